The van der Waals surface area contributed by atoms with Gasteiger partial charge in [-0.25, -0.2) is 8.42 Å². The normalized spacial score (nSPS) is 24.2. The van der Waals surface area contributed by atoms with Crippen LogP contribution in [0.1, 0.15) is 22.3 Å². The van der Waals surface area contributed by atoms with E-state index in [-0.39, 0.29) is 23.5 Å². The number of thioether (sulfide) groups is 1. The molecule has 2 N–H and O–H groups in total. The van der Waals surface area contributed by atoms with Crippen LogP contribution in [0.3, 0.4) is 0 Å². The minimum Gasteiger partial charge on any atom is -0.348 e. The second-order valence-electron chi connectivity index (χ2n) is 5.55. The van der Waals surface area contributed by atoms with Crippen molar-refractivity contribution in [3.63, 3.8) is 0 Å². The molecule has 2 saturated heterocycles. The van der Waals surface area contributed by atoms with Gasteiger partial charge in [0.1, 0.15) is 0 Å². The lowest BCUT2D eigenvalue weighted by molar-refractivity contribution is -0.115. The van der Waals surface area contributed by atoms with Gasteiger partial charge in [-0.15, -0.1) is 0 Å². The Balaban J connectivity index is 1.66. The monoisotopic (exact) mass is 366 g/mol. The topological polar surface area (TPSA) is 109 Å². The van der Waals surface area contributed by atoms with E-state index in [1.807, 2.05) is 0 Å². The molecule has 1 aromatic carbocycles. The van der Waals surface area contributed by atoms with Crippen molar-refractivity contribution >= 4 is 44.7 Å². The maximum Gasteiger partial charge on any atom is 0.290 e. The molecule has 126 valence electrons. The first-order valence-corrected chi connectivity index (χ1v) is 9.82. The van der Waals surface area contributed by atoms with Crippen molar-refractivity contribution in [1.29, 1.82) is 0 Å². The summed E-state index contributed by atoms with van der Waals surface area (Å²) in [6, 6.07) is 6.14. The van der Waals surface area contributed by atoms with Crippen molar-refractivity contribution in [1.82, 2.24) is 10.6 Å². The zero-order valence-electron chi connectivity index (χ0n) is 12.4. The number of carbonyl (C=O) groups is 3. The molecule has 0 aromatic heterocycles. The quantitative estimate of drug-likeness (QED) is 0.770. The average molecular weight is 366 g/mol. The predicted molar refractivity (Wildman–Crippen MR) is 90.1 cm³/mol. The number of sulfone groups is 1. The van der Waals surface area contributed by atoms with E-state index >= 15 is 0 Å². The summed E-state index contributed by atoms with van der Waals surface area (Å²) in [6.45, 7) is 0. The lowest BCUT2D eigenvalue weighted by atomic mass is 10.1. The van der Waals surface area contributed by atoms with Gasteiger partial charge < -0.3 is 5.32 Å². The highest BCUT2D eigenvalue weighted by Crippen LogP contribution is 2.25. The van der Waals surface area contributed by atoms with Gasteiger partial charge in [-0.3, -0.25) is 19.7 Å². The molecule has 1 aromatic rings. The zero-order chi connectivity index (χ0) is 17.3. The Morgan fingerprint density at radius 2 is 1.96 bits per heavy atom. The Kier molecular flexibility index (Phi) is 4.46. The molecule has 0 saturated carbocycles. The summed E-state index contributed by atoms with van der Waals surface area (Å²) in [6.07, 6.45) is 1.99. The number of amides is 3. The lowest BCUT2D eigenvalue weighted by Crippen LogP contribution is -2.35. The molecule has 1 atom stereocenters. The van der Waals surface area contributed by atoms with Crippen molar-refractivity contribution in [2.24, 2.45) is 0 Å². The molecular weight excluding hydrogens is 352 g/mol. The SMILES string of the molecule is O=C1NC(=O)C(=Cc2ccc(C(=O)NC3CCS(=O)(=O)C3)cc2)S1. The van der Waals surface area contributed by atoms with Gasteiger partial charge in [-0.2, -0.15) is 0 Å². The Hall–Kier alpha value is -2.13. The minimum absolute atomic E-state index is 0.0245. The summed E-state index contributed by atoms with van der Waals surface area (Å²) >= 11 is 0.825. The van der Waals surface area contributed by atoms with Crippen molar-refractivity contribution < 1.29 is 22.8 Å². The second kappa shape index (κ2) is 6.40. The van der Waals surface area contributed by atoms with Crippen LogP contribution in [0, 0.1) is 0 Å². The third-order valence-electron chi connectivity index (χ3n) is 3.68. The molecular formula is C15H14N2O5S2. The molecule has 1 unspecified atom stereocenters. The van der Waals surface area contributed by atoms with Crippen LogP contribution in [0.15, 0.2) is 29.2 Å². The van der Waals surface area contributed by atoms with Gasteiger partial charge in [0.15, 0.2) is 9.84 Å². The van der Waals surface area contributed by atoms with E-state index < -0.39 is 21.0 Å². The van der Waals surface area contributed by atoms with Crippen molar-refractivity contribution in [2.45, 2.75) is 12.5 Å². The van der Waals surface area contributed by atoms with Crippen molar-refractivity contribution in [2.75, 3.05) is 11.5 Å². The van der Waals surface area contributed by atoms with E-state index in [1.165, 1.54) is 0 Å². The van der Waals surface area contributed by atoms with Gasteiger partial charge in [-0.1, -0.05) is 12.1 Å². The lowest BCUT2D eigenvalue weighted by Gasteiger charge is -2.10. The Bertz CT molecular complexity index is 843. The summed E-state index contributed by atoms with van der Waals surface area (Å²) in [5.41, 5.74) is 1.09. The predicted octanol–water partition coefficient (Wildman–Crippen LogP) is 0.927. The second-order valence-corrected chi connectivity index (χ2v) is 8.79. The fraction of sp³-hybridized carbons (Fsp3) is 0.267. The Morgan fingerprint density at radius 3 is 2.50 bits per heavy atom. The van der Waals surface area contributed by atoms with Crippen LogP contribution in [0.4, 0.5) is 4.79 Å². The van der Waals surface area contributed by atoms with E-state index in [9.17, 15) is 22.8 Å². The van der Waals surface area contributed by atoms with E-state index in [4.69, 9.17) is 0 Å². The molecule has 0 radical (unpaired) electrons. The largest absolute Gasteiger partial charge is 0.348 e. The van der Waals surface area contributed by atoms with Gasteiger partial charge in [0, 0.05) is 11.6 Å². The van der Waals surface area contributed by atoms with E-state index in [2.05, 4.69) is 10.6 Å². The van der Waals surface area contributed by atoms with Gasteiger partial charge in [0.25, 0.3) is 17.1 Å². The number of nitrogens with one attached hydrogen (secondary N) is 2. The molecule has 2 heterocycles. The van der Waals surface area contributed by atoms with Gasteiger partial charge in [0.05, 0.1) is 16.4 Å². The van der Waals surface area contributed by atoms with Crippen molar-refractivity contribution in [3.05, 3.63) is 40.3 Å². The van der Waals surface area contributed by atoms with Crippen LogP contribution >= 0.6 is 11.8 Å². The van der Waals surface area contributed by atoms with Crippen LogP contribution in [-0.2, 0) is 14.6 Å². The summed E-state index contributed by atoms with van der Waals surface area (Å²) in [4.78, 5) is 35.0. The van der Waals surface area contributed by atoms with Crippen LogP contribution in [0.5, 0.6) is 0 Å². The van der Waals surface area contributed by atoms with Crippen LogP contribution in [-0.4, -0.2) is 43.0 Å². The van der Waals surface area contributed by atoms with Gasteiger partial charge in [-0.05, 0) is 42.0 Å². The molecule has 9 heteroatoms. The number of rotatable bonds is 3. The molecule has 2 aliphatic heterocycles. The molecule has 0 aliphatic carbocycles. The number of carbonyl (C=O) groups excluding carboxylic acids is 3. The zero-order valence-corrected chi connectivity index (χ0v) is 14.1. The summed E-state index contributed by atoms with van der Waals surface area (Å²) < 4.78 is 22.8. The highest BCUT2D eigenvalue weighted by Gasteiger charge is 2.29. The highest BCUT2D eigenvalue weighted by atomic mass is 32.2. The first-order chi connectivity index (χ1) is 11.3. The Morgan fingerprint density at radius 1 is 1.25 bits per heavy atom. The molecule has 3 rings (SSSR count). The van der Waals surface area contributed by atoms with Gasteiger partial charge >= 0.3 is 0 Å². The average Bonchev–Trinajstić information content (AvgIpc) is 3.01. The molecule has 3 amide bonds. The number of hydrogen-bond acceptors (Lipinski definition) is 6. The maximum absolute atomic E-state index is 12.1. The van der Waals surface area contributed by atoms with Gasteiger partial charge in [0.2, 0.25) is 0 Å². The third-order valence-corrected chi connectivity index (χ3v) is 6.26. The third kappa shape index (κ3) is 3.85. The van der Waals surface area contributed by atoms with E-state index in [0.717, 1.165) is 11.8 Å². The first-order valence-electron chi connectivity index (χ1n) is 7.19. The Labute approximate surface area is 142 Å². The molecule has 7 nitrogen and oxygen atoms in total. The summed E-state index contributed by atoms with van der Waals surface area (Å²) in [5, 5.41) is 4.47. The number of imide groups is 1. The summed E-state index contributed by atoms with van der Waals surface area (Å²) in [5.74, 6) is -0.694. The molecule has 2 fully saturated rings. The fourth-order valence-corrected chi connectivity index (χ4v) is 4.84. The molecule has 0 spiro atoms. The smallest absolute Gasteiger partial charge is 0.290 e. The van der Waals surface area contributed by atoms with Crippen LogP contribution < -0.4 is 10.6 Å². The molecule has 2 aliphatic rings. The van der Waals surface area contributed by atoms with Crippen molar-refractivity contribution in [3.8, 4) is 0 Å². The highest BCUT2D eigenvalue weighted by molar-refractivity contribution is 8.18. The van der Waals surface area contributed by atoms with Crippen LogP contribution in [0.2, 0.25) is 0 Å². The first kappa shape index (κ1) is 16.7. The fourth-order valence-electron chi connectivity index (χ4n) is 2.48. The standard InChI is InChI=1S/C15H14N2O5S2/c18-13(16-11-5-6-24(21,22)8-11)10-3-1-9(2-4-10)7-12-14(19)17-15(20)23-12/h1-4,7,11H,5-6,8H2,(H,16,18)(H,17,19,20). The molecule has 24 heavy (non-hydrogen) atoms. The van der Waals surface area contributed by atoms with Crippen LogP contribution in [0.25, 0.3) is 6.08 Å². The number of hydrogen-bond donors (Lipinski definition) is 2. The molecule has 0 bridgehead atoms. The number of benzene rings is 1. The van der Waals surface area contributed by atoms with E-state index in [0.29, 0.717) is 22.5 Å². The minimum atomic E-state index is -3.04. The van der Waals surface area contributed by atoms with E-state index in [1.54, 1.807) is 30.3 Å². The summed E-state index contributed by atoms with van der Waals surface area (Å²) in [7, 11) is -3.04. The maximum atomic E-state index is 12.1.